The molecule has 3 rings (SSSR count). The summed E-state index contributed by atoms with van der Waals surface area (Å²) < 4.78 is 28.0. The molecule has 115 valence electrons. The third-order valence-electron chi connectivity index (χ3n) is 3.65. The summed E-state index contributed by atoms with van der Waals surface area (Å²) in [5.41, 5.74) is 3.28. The van der Waals surface area contributed by atoms with E-state index in [2.05, 4.69) is 36.8 Å². The summed E-state index contributed by atoms with van der Waals surface area (Å²) in [6.07, 6.45) is 2.95. The van der Waals surface area contributed by atoms with Crippen molar-refractivity contribution in [3.8, 4) is 0 Å². The van der Waals surface area contributed by atoms with Gasteiger partial charge in [-0.1, -0.05) is 0 Å². The molecule has 1 aromatic carbocycles. The van der Waals surface area contributed by atoms with Crippen LogP contribution in [0.15, 0.2) is 27.3 Å². The van der Waals surface area contributed by atoms with Gasteiger partial charge in [0.2, 0.25) is 0 Å². The molecule has 1 heterocycles. The average Bonchev–Trinajstić information content (AvgIpc) is 2.83. The maximum absolute atomic E-state index is 13.2. The second kappa shape index (κ2) is 6.34. The Morgan fingerprint density at radius 1 is 1.14 bits per heavy atom. The first kappa shape index (κ1) is 16.0. The van der Waals surface area contributed by atoms with Gasteiger partial charge >= 0.3 is 0 Å². The lowest BCUT2D eigenvalue weighted by Gasteiger charge is -2.10. The molecule has 1 unspecified atom stereocenters. The minimum absolute atomic E-state index is 0.369. The van der Waals surface area contributed by atoms with E-state index >= 15 is 0 Å². The van der Waals surface area contributed by atoms with Crippen LogP contribution in [0.3, 0.4) is 0 Å². The molecule has 1 radical (unpaired) electrons. The number of hydrogen-bond donors (Lipinski definition) is 1. The molecule has 2 nitrogen and oxygen atoms in total. The molecule has 0 amide bonds. The molecule has 1 aliphatic rings. The van der Waals surface area contributed by atoms with Crippen LogP contribution in [0.4, 0.5) is 8.78 Å². The van der Waals surface area contributed by atoms with Gasteiger partial charge in [-0.2, -0.15) is 0 Å². The van der Waals surface area contributed by atoms with E-state index in [1.165, 1.54) is 12.1 Å². The van der Waals surface area contributed by atoms with E-state index in [0.717, 1.165) is 21.7 Å². The van der Waals surface area contributed by atoms with Crippen molar-refractivity contribution >= 4 is 31.9 Å². The number of aromatic nitrogens is 1. The highest BCUT2D eigenvalue weighted by molar-refractivity contribution is 9.11. The van der Waals surface area contributed by atoms with Crippen LogP contribution in [-0.2, 0) is 19.3 Å². The summed E-state index contributed by atoms with van der Waals surface area (Å²) >= 11 is 6.95. The Balaban J connectivity index is 1.84. The highest BCUT2D eigenvalue weighted by Crippen LogP contribution is 2.36. The summed E-state index contributed by atoms with van der Waals surface area (Å²) in [5.74, 6) is -1.18. The largest absolute Gasteiger partial charge is 0.392 e. The maximum atomic E-state index is 13.2. The highest BCUT2D eigenvalue weighted by atomic mass is 79.9. The number of benzene rings is 1. The van der Waals surface area contributed by atoms with Crippen LogP contribution < -0.4 is 0 Å². The van der Waals surface area contributed by atoms with Gasteiger partial charge in [0.1, 0.15) is 16.2 Å². The van der Waals surface area contributed by atoms with Crippen LogP contribution in [0.2, 0.25) is 0 Å². The Labute approximate surface area is 143 Å². The lowest BCUT2D eigenvalue weighted by molar-refractivity contribution is 0.187. The van der Waals surface area contributed by atoms with Gasteiger partial charge in [-0.05, 0) is 67.1 Å². The lowest BCUT2D eigenvalue weighted by Crippen LogP contribution is -2.03. The van der Waals surface area contributed by atoms with Gasteiger partial charge in [-0.3, -0.25) is 0 Å². The van der Waals surface area contributed by atoms with E-state index in [4.69, 9.17) is 0 Å². The van der Waals surface area contributed by atoms with Gasteiger partial charge < -0.3 is 5.11 Å². The van der Waals surface area contributed by atoms with E-state index in [0.29, 0.717) is 35.1 Å². The number of aliphatic hydroxyl groups is 1. The number of pyridine rings is 1. The summed E-state index contributed by atoms with van der Waals surface area (Å²) in [4.78, 5) is 4.45. The predicted molar refractivity (Wildman–Crippen MR) is 86.5 cm³/mol. The molecule has 1 N–H and O–H groups in total. The third-order valence-corrected chi connectivity index (χ3v) is 5.20. The molecule has 0 fully saturated rings. The van der Waals surface area contributed by atoms with Gasteiger partial charge in [0.25, 0.3) is 0 Å². The molecule has 0 aliphatic heterocycles. The number of halogens is 4. The number of nitrogens with zero attached hydrogens (tertiary/aromatic N) is 1. The summed E-state index contributed by atoms with van der Waals surface area (Å²) in [6, 6.07) is 3.46. The first-order valence-electron chi connectivity index (χ1n) is 6.77. The van der Waals surface area contributed by atoms with Crippen LogP contribution in [0.1, 0.15) is 22.4 Å². The first-order chi connectivity index (χ1) is 10.4. The molecule has 2 aromatic rings. The zero-order chi connectivity index (χ0) is 15.9. The van der Waals surface area contributed by atoms with Gasteiger partial charge in [0.15, 0.2) is 0 Å². The van der Waals surface area contributed by atoms with Gasteiger partial charge in [-0.15, -0.1) is 0 Å². The van der Waals surface area contributed by atoms with Crippen molar-refractivity contribution in [1.29, 1.82) is 0 Å². The monoisotopic (exact) mass is 430 g/mol. The fourth-order valence-electron chi connectivity index (χ4n) is 2.68. The average molecular weight is 432 g/mol. The number of rotatable bonds is 3. The van der Waals surface area contributed by atoms with Crippen molar-refractivity contribution in [1.82, 2.24) is 4.98 Å². The highest BCUT2D eigenvalue weighted by Gasteiger charge is 2.26. The van der Waals surface area contributed by atoms with Crippen LogP contribution >= 0.6 is 31.9 Å². The summed E-state index contributed by atoms with van der Waals surface area (Å²) in [7, 11) is 0. The van der Waals surface area contributed by atoms with Crippen molar-refractivity contribution in [2.75, 3.05) is 0 Å². The molecular weight excluding hydrogens is 420 g/mol. The topological polar surface area (TPSA) is 33.1 Å². The molecule has 6 heteroatoms. The Bertz CT molecular complexity index is 716. The van der Waals surface area contributed by atoms with Gasteiger partial charge in [0.05, 0.1) is 11.8 Å². The van der Waals surface area contributed by atoms with Crippen LogP contribution in [0.25, 0.3) is 0 Å². The zero-order valence-corrected chi connectivity index (χ0v) is 14.6. The third kappa shape index (κ3) is 3.24. The van der Waals surface area contributed by atoms with Crippen molar-refractivity contribution in [3.05, 3.63) is 67.7 Å². The fraction of sp³-hybridized carbons (Fsp3) is 0.250. The maximum Gasteiger partial charge on any atom is 0.126 e. The van der Waals surface area contributed by atoms with Gasteiger partial charge in [-0.25, -0.2) is 13.8 Å². The van der Waals surface area contributed by atoms with E-state index < -0.39 is 17.7 Å². The molecule has 0 bridgehead atoms. The van der Waals surface area contributed by atoms with Crippen LogP contribution in [-0.4, -0.2) is 16.2 Å². The quantitative estimate of drug-likeness (QED) is 0.741. The first-order valence-corrected chi connectivity index (χ1v) is 8.35. The Kier molecular flexibility index (Phi) is 4.61. The molecule has 0 saturated heterocycles. The van der Waals surface area contributed by atoms with Crippen molar-refractivity contribution in [2.45, 2.75) is 25.4 Å². The minimum Gasteiger partial charge on any atom is -0.392 e. The SMILES string of the molecule is OC1Cc2c(Br)nc([CH]Cc3cc(F)cc(F)c3)c(Br)c2C1. The Hall–Kier alpha value is -0.850. The molecule has 0 spiro atoms. The van der Waals surface area contributed by atoms with Crippen LogP contribution in [0.5, 0.6) is 0 Å². The van der Waals surface area contributed by atoms with E-state index in [-0.39, 0.29) is 0 Å². The molecule has 0 saturated carbocycles. The number of hydrogen-bond acceptors (Lipinski definition) is 2. The standard InChI is InChI=1S/C16H12Br2F2NO/c17-15-12-6-11(22)7-13(12)16(18)21-14(15)2-1-8-3-9(19)5-10(20)4-8/h2-5,11,22H,1,6-7H2. The number of fused-ring (bicyclic) bond motifs is 1. The molecule has 22 heavy (non-hydrogen) atoms. The Morgan fingerprint density at radius 3 is 2.45 bits per heavy atom. The second-order valence-electron chi connectivity index (χ2n) is 5.31. The minimum atomic E-state index is -0.589. The van der Waals surface area contributed by atoms with Gasteiger partial charge in [0, 0.05) is 29.8 Å². The smallest absolute Gasteiger partial charge is 0.126 e. The van der Waals surface area contributed by atoms with Crippen molar-refractivity contribution < 1.29 is 13.9 Å². The number of aliphatic hydroxyl groups excluding tert-OH is 1. The zero-order valence-electron chi connectivity index (χ0n) is 11.4. The molecular formula is C16H12Br2F2NO. The van der Waals surface area contributed by atoms with E-state index in [1.54, 1.807) is 0 Å². The predicted octanol–water partition coefficient (Wildman–Crippen LogP) is 4.14. The van der Waals surface area contributed by atoms with E-state index in [1.807, 2.05) is 6.42 Å². The Morgan fingerprint density at radius 2 is 1.77 bits per heavy atom. The normalized spacial score (nSPS) is 16.9. The van der Waals surface area contributed by atoms with E-state index in [9.17, 15) is 13.9 Å². The van der Waals surface area contributed by atoms with Crippen LogP contribution in [0, 0.1) is 18.1 Å². The van der Waals surface area contributed by atoms with Crippen molar-refractivity contribution in [3.63, 3.8) is 0 Å². The molecule has 1 aromatic heterocycles. The fourth-order valence-corrected chi connectivity index (χ4v) is 3.92. The molecule has 1 atom stereocenters. The molecule has 1 aliphatic carbocycles. The summed E-state index contributed by atoms with van der Waals surface area (Å²) in [5, 5.41) is 9.80. The lowest BCUT2D eigenvalue weighted by atomic mass is 10.1. The summed E-state index contributed by atoms with van der Waals surface area (Å²) in [6.45, 7) is 0. The van der Waals surface area contributed by atoms with Crippen molar-refractivity contribution in [2.24, 2.45) is 0 Å². The second-order valence-corrected chi connectivity index (χ2v) is 6.85.